The maximum Gasteiger partial charge on any atom is 0.238 e. The second-order valence-electron chi connectivity index (χ2n) is 9.44. The first-order valence-corrected chi connectivity index (χ1v) is 11.4. The van der Waals surface area contributed by atoms with Crippen LogP contribution in [0.1, 0.15) is 34.1 Å². The van der Waals surface area contributed by atoms with Crippen molar-refractivity contribution in [1.29, 1.82) is 0 Å². The lowest BCUT2D eigenvalue weighted by atomic mass is 10.1. The molecular weight excluding hydrogens is 451 g/mol. The lowest BCUT2D eigenvalue weighted by molar-refractivity contribution is -0.134. The quantitative estimate of drug-likeness (QED) is 0.522. The largest absolute Gasteiger partial charge is 0.350 e. The first kappa shape index (κ1) is 27.6. The number of halogens is 3. The molecular formula is C23H34F3N5O3. The van der Waals surface area contributed by atoms with Gasteiger partial charge in [0.2, 0.25) is 17.7 Å². The zero-order valence-corrected chi connectivity index (χ0v) is 20.2. The van der Waals surface area contributed by atoms with Crippen molar-refractivity contribution in [2.24, 2.45) is 0 Å². The molecule has 0 saturated carbocycles. The van der Waals surface area contributed by atoms with Gasteiger partial charge in [0.15, 0.2) is 17.5 Å². The van der Waals surface area contributed by atoms with E-state index in [4.69, 9.17) is 0 Å². The number of anilines is 1. The third-order valence-electron chi connectivity index (χ3n) is 5.18. The molecule has 190 valence electrons. The summed E-state index contributed by atoms with van der Waals surface area (Å²) in [5, 5.41) is 5.15. The monoisotopic (exact) mass is 485 g/mol. The molecule has 1 aliphatic heterocycles. The van der Waals surface area contributed by atoms with Gasteiger partial charge in [-0.2, -0.15) is 0 Å². The summed E-state index contributed by atoms with van der Waals surface area (Å²) in [7, 11) is 0. The number of piperazine rings is 1. The van der Waals surface area contributed by atoms with Crippen LogP contribution in [0.25, 0.3) is 0 Å². The fourth-order valence-electron chi connectivity index (χ4n) is 3.65. The highest BCUT2D eigenvalue weighted by Crippen LogP contribution is 2.19. The predicted molar refractivity (Wildman–Crippen MR) is 123 cm³/mol. The fourth-order valence-corrected chi connectivity index (χ4v) is 3.65. The van der Waals surface area contributed by atoms with E-state index in [1.807, 2.05) is 32.6 Å². The number of carbonyl (C=O) groups excluding carboxylic acids is 3. The molecule has 0 aromatic heterocycles. The van der Waals surface area contributed by atoms with Crippen molar-refractivity contribution in [3.8, 4) is 0 Å². The van der Waals surface area contributed by atoms with Crippen LogP contribution in [0.4, 0.5) is 18.9 Å². The van der Waals surface area contributed by atoms with Crippen molar-refractivity contribution in [2.75, 3.05) is 57.7 Å². The number of nitrogens with one attached hydrogen (secondary N) is 2. The van der Waals surface area contributed by atoms with Crippen LogP contribution in [0, 0.1) is 17.5 Å². The molecule has 0 spiro atoms. The Balaban J connectivity index is 1.85. The Hall–Kier alpha value is -2.66. The van der Waals surface area contributed by atoms with E-state index >= 15 is 0 Å². The van der Waals surface area contributed by atoms with Crippen LogP contribution < -0.4 is 10.6 Å². The minimum absolute atomic E-state index is 0.00791. The lowest BCUT2D eigenvalue weighted by Gasteiger charge is -2.36. The van der Waals surface area contributed by atoms with Crippen LogP contribution in [0.2, 0.25) is 0 Å². The topological polar surface area (TPSA) is 85.0 Å². The van der Waals surface area contributed by atoms with Gasteiger partial charge < -0.3 is 15.5 Å². The molecule has 1 aromatic rings. The van der Waals surface area contributed by atoms with Crippen molar-refractivity contribution in [2.45, 2.75) is 39.7 Å². The number of amides is 3. The number of nitrogens with zero attached hydrogens (tertiary/aromatic N) is 3. The van der Waals surface area contributed by atoms with E-state index in [0.717, 1.165) is 12.1 Å². The Kier molecular flexibility index (Phi) is 9.87. The number of hydrogen-bond donors (Lipinski definition) is 2. The summed E-state index contributed by atoms with van der Waals surface area (Å²) < 4.78 is 40.3. The molecule has 1 saturated heterocycles. The third-order valence-corrected chi connectivity index (χ3v) is 5.18. The predicted octanol–water partition coefficient (Wildman–Crippen LogP) is 1.81. The Morgan fingerprint density at radius 1 is 0.971 bits per heavy atom. The molecule has 34 heavy (non-hydrogen) atoms. The maximum atomic E-state index is 13.8. The maximum absolute atomic E-state index is 13.8. The molecule has 0 unspecified atom stereocenters. The van der Waals surface area contributed by atoms with Crippen LogP contribution in [0.3, 0.4) is 0 Å². The minimum Gasteiger partial charge on any atom is -0.350 e. The summed E-state index contributed by atoms with van der Waals surface area (Å²) in [6.07, 6.45) is 0.677. The highest BCUT2D eigenvalue weighted by Gasteiger charge is 2.25. The molecule has 0 atom stereocenters. The van der Waals surface area contributed by atoms with Gasteiger partial charge in [0.1, 0.15) is 0 Å². The highest BCUT2D eigenvalue weighted by molar-refractivity contribution is 5.92. The average Bonchev–Trinajstić information content (AvgIpc) is 2.73. The first-order valence-electron chi connectivity index (χ1n) is 11.4. The normalized spacial score (nSPS) is 14.9. The standard InChI is InChI=1S/C23H34F3N5O3/c1-5-8-30(13-18(32)27-17-7-6-16(24)21(25)22(17)26)15-20(34)31-11-9-29(10-12-31)14-19(33)28-23(2,3)4/h6-7H,5,8-15H2,1-4H3,(H,27,32)(H,28,33). The Morgan fingerprint density at radius 3 is 2.21 bits per heavy atom. The number of rotatable bonds is 9. The number of carbonyl (C=O) groups is 3. The summed E-state index contributed by atoms with van der Waals surface area (Å²) >= 11 is 0. The summed E-state index contributed by atoms with van der Waals surface area (Å²) in [6.45, 7) is 10.2. The zero-order valence-electron chi connectivity index (χ0n) is 20.2. The molecule has 0 radical (unpaired) electrons. The van der Waals surface area contributed by atoms with Gasteiger partial charge in [0, 0.05) is 31.7 Å². The smallest absolute Gasteiger partial charge is 0.238 e. The SMILES string of the molecule is CCCN(CC(=O)Nc1ccc(F)c(F)c1F)CC(=O)N1CCN(CC(=O)NC(C)(C)C)CC1. The van der Waals surface area contributed by atoms with Crippen molar-refractivity contribution in [1.82, 2.24) is 20.0 Å². The molecule has 2 rings (SSSR count). The fraction of sp³-hybridized carbons (Fsp3) is 0.609. The van der Waals surface area contributed by atoms with E-state index in [2.05, 4.69) is 10.6 Å². The van der Waals surface area contributed by atoms with E-state index in [1.165, 1.54) is 0 Å². The second-order valence-corrected chi connectivity index (χ2v) is 9.44. The number of benzene rings is 1. The molecule has 1 fully saturated rings. The van der Waals surface area contributed by atoms with E-state index in [1.54, 1.807) is 9.80 Å². The van der Waals surface area contributed by atoms with E-state index in [0.29, 0.717) is 39.1 Å². The van der Waals surface area contributed by atoms with Crippen LogP contribution >= 0.6 is 0 Å². The Morgan fingerprint density at radius 2 is 1.62 bits per heavy atom. The summed E-state index contributed by atoms with van der Waals surface area (Å²) in [5.41, 5.74) is -0.765. The van der Waals surface area contributed by atoms with Gasteiger partial charge in [0.05, 0.1) is 25.3 Å². The van der Waals surface area contributed by atoms with Crippen LogP contribution in [-0.4, -0.2) is 90.3 Å². The average molecular weight is 486 g/mol. The van der Waals surface area contributed by atoms with Gasteiger partial charge >= 0.3 is 0 Å². The van der Waals surface area contributed by atoms with Gasteiger partial charge in [-0.15, -0.1) is 0 Å². The Labute approximate surface area is 198 Å². The summed E-state index contributed by atoms with van der Waals surface area (Å²) in [5.74, 6) is -5.33. The van der Waals surface area contributed by atoms with Crippen molar-refractivity contribution in [3.63, 3.8) is 0 Å². The zero-order chi connectivity index (χ0) is 25.5. The van der Waals surface area contributed by atoms with Crippen molar-refractivity contribution < 1.29 is 27.6 Å². The molecule has 11 heteroatoms. The second kappa shape index (κ2) is 12.2. The van der Waals surface area contributed by atoms with Gasteiger partial charge in [-0.25, -0.2) is 13.2 Å². The van der Waals surface area contributed by atoms with E-state index in [-0.39, 0.29) is 37.0 Å². The molecule has 1 heterocycles. The van der Waals surface area contributed by atoms with Crippen LogP contribution in [-0.2, 0) is 14.4 Å². The summed E-state index contributed by atoms with van der Waals surface area (Å²) in [6, 6.07) is 1.68. The molecule has 8 nitrogen and oxygen atoms in total. The molecule has 1 aliphatic rings. The van der Waals surface area contributed by atoms with Gasteiger partial charge in [0.25, 0.3) is 0 Å². The van der Waals surface area contributed by atoms with Crippen molar-refractivity contribution >= 4 is 23.4 Å². The molecule has 0 bridgehead atoms. The first-order chi connectivity index (χ1) is 15.9. The van der Waals surface area contributed by atoms with Crippen molar-refractivity contribution in [3.05, 3.63) is 29.6 Å². The van der Waals surface area contributed by atoms with Gasteiger partial charge in [-0.05, 0) is 45.9 Å². The Bertz CT molecular complexity index is 883. The minimum atomic E-state index is -1.66. The highest BCUT2D eigenvalue weighted by atomic mass is 19.2. The van der Waals surface area contributed by atoms with Gasteiger partial charge in [-0.3, -0.25) is 24.2 Å². The van der Waals surface area contributed by atoms with Gasteiger partial charge in [-0.1, -0.05) is 6.92 Å². The van der Waals surface area contributed by atoms with E-state index < -0.39 is 29.0 Å². The lowest BCUT2D eigenvalue weighted by Crippen LogP contribution is -2.54. The van der Waals surface area contributed by atoms with E-state index in [9.17, 15) is 27.6 Å². The molecule has 1 aromatic carbocycles. The number of hydrogen-bond acceptors (Lipinski definition) is 5. The molecule has 3 amide bonds. The third kappa shape index (κ3) is 8.60. The van der Waals surface area contributed by atoms with Crippen LogP contribution in [0.15, 0.2) is 12.1 Å². The summed E-state index contributed by atoms with van der Waals surface area (Å²) in [4.78, 5) is 42.5. The van der Waals surface area contributed by atoms with Crippen LogP contribution in [0.5, 0.6) is 0 Å². The molecule has 2 N–H and O–H groups in total. The molecule has 0 aliphatic carbocycles.